The molecule has 86 valence electrons. The normalized spacial score (nSPS) is 10.8. The van der Waals surface area contributed by atoms with E-state index in [1.54, 1.807) is 18.4 Å². The second-order valence-corrected chi connectivity index (χ2v) is 4.45. The summed E-state index contributed by atoms with van der Waals surface area (Å²) in [4.78, 5) is 4.56. The largest absolute Gasteiger partial charge is 0.383 e. The minimum atomic E-state index is 0.757. The fourth-order valence-corrected chi connectivity index (χ4v) is 2.10. The van der Waals surface area contributed by atoms with Crippen LogP contribution in [0.3, 0.4) is 0 Å². The number of hydrogen-bond donors (Lipinski definition) is 1. The average Bonchev–Trinajstić information content (AvgIpc) is 2.69. The fraction of sp³-hybridized carbons (Fsp3) is 0.727. The maximum Gasteiger partial charge on any atom is 0.0928 e. The van der Waals surface area contributed by atoms with Crippen molar-refractivity contribution >= 4 is 11.3 Å². The quantitative estimate of drug-likeness (QED) is 0.693. The summed E-state index contributed by atoms with van der Waals surface area (Å²) in [7, 11) is 1.72. The molecule has 0 aliphatic heterocycles. The van der Waals surface area contributed by atoms with E-state index < -0.39 is 0 Å². The number of rotatable bonds is 8. The fourth-order valence-electron chi connectivity index (χ4n) is 1.26. The maximum absolute atomic E-state index is 4.96. The van der Waals surface area contributed by atoms with E-state index in [4.69, 9.17) is 4.74 Å². The number of hydrogen-bond acceptors (Lipinski definition) is 4. The highest BCUT2D eigenvalue weighted by atomic mass is 32.1. The van der Waals surface area contributed by atoms with Crippen molar-refractivity contribution < 1.29 is 4.74 Å². The Bertz CT molecular complexity index is 263. The third kappa shape index (κ3) is 5.25. The SMILES string of the molecule is CCCCc1nc(CNCCOC)cs1. The van der Waals surface area contributed by atoms with Gasteiger partial charge in [-0.05, 0) is 12.8 Å². The van der Waals surface area contributed by atoms with Crippen LogP contribution < -0.4 is 5.32 Å². The van der Waals surface area contributed by atoms with Gasteiger partial charge < -0.3 is 10.1 Å². The van der Waals surface area contributed by atoms with Crippen LogP contribution in [-0.2, 0) is 17.7 Å². The van der Waals surface area contributed by atoms with Crippen LogP contribution >= 0.6 is 11.3 Å². The number of methoxy groups -OCH3 is 1. The summed E-state index contributed by atoms with van der Waals surface area (Å²) < 4.78 is 4.96. The molecular formula is C11H20N2OS. The second kappa shape index (κ2) is 7.79. The zero-order valence-corrected chi connectivity index (χ0v) is 10.4. The van der Waals surface area contributed by atoms with Crippen LogP contribution in [0, 0.1) is 0 Å². The van der Waals surface area contributed by atoms with Gasteiger partial charge in [-0.15, -0.1) is 11.3 Å². The topological polar surface area (TPSA) is 34.2 Å². The number of nitrogens with zero attached hydrogens (tertiary/aromatic N) is 1. The van der Waals surface area contributed by atoms with E-state index in [1.807, 2.05) is 0 Å². The molecule has 0 aliphatic rings. The average molecular weight is 228 g/mol. The summed E-state index contributed by atoms with van der Waals surface area (Å²) in [6, 6.07) is 0. The molecule has 0 amide bonds. The van der Waals surface area contributed by atoms with Gasteiger partial charge in [0.05, 0.1) is 17.3 Å². The third-order valence-electron chi connectivity index (χ3n) is 2.13. The number of aryl methyl sites for hydroxylation is 1. The molecule has 4 heteroatoms. The first kappa shape index (κ1) is 12.6. The Morgan fingerprint density at radius 1 is 1.53 bits per heavy atom. The highest BCUT2D eigenvalue weighted by molar-refractivity contribution is 7.09. The van der Waals surface area contributed by atoms with E-state index in [1.165, 1.54) is 17.8 Å². The van der Waals surface area contributed by atoms with Crippen molar-refractivity contribution in [2.24, 2.45) is 0 Å². The summed E-state index contributed by atoms with van der Waals surface area (Å²) in [6.45, 7) is 4.71. The highest BCUT2D eigenvalue weighted by Gasteiger charge is 2.00. The molecule has 1 rings (SSSR count). The lowest BCUT2D eigenvalue weighted by Gasteiger charge is -2.00. The Kier molecular flexibility index (Phi) is 6.55. The Morgan fingerprint density at radius 3 is 3.13 bits per heavy atom. The Morgan fingerprint density at radius 2 is 2.40 bits per heavy atom. The molecule has 1 aromatic heterocycles. The minimum absolute atomic E-state index is 0.757. The molecule has 0 fully saturated rings. The third-order valence-corrected chi connectivity index (χ3v) is 3.09. The van der Waals surface area contributed by atoms with Gasteiger partial charge in [-0.2, -0.15) is 0 Å². The van der Waals surface area contributed by atoms with Gasteiger partial charge in [0.1, 0.15) is 0 Å². The first-order chi connectivity index (χ1) is 7.36. The standard InChI is InChI=1S/C11H20N2OS/c1-3-4-5-11-13-10(9-15-11)8-12-6-7-14-2/h9,12H,3-8H2,1-2H3. The lowest BCUT2D eigenvalue weighted by atomic mass is 10.3. The van der Waals surface area contributed by atoms with Crippen molar-refractivity contribution in [3.63, 3.8) is 0 Å². The van der Waals surface area contributed by atoms with Crippen LogP contribution in [0.25, 0.3) is 0 Å². The van der Waals surface area contributed by atoms with Gasteiger partial charge in [0, 0.05) is 25.6 Å². The summed E-state index contributed by atoms with van der Waals surface area (Å²) >= 11 is 1.77. The summed E-state index contributed by atoms with van der Waals surface area (Å²) in [5, 5.41) is 6.70. The number of ether oxygens (including phenoxy) is 1. The lowest BCUT2D eigenvalue weighted by Crippen LogP contribution is -2.18. The van der Waals surface area contributed by atoms with Gasteiger partial charge in [0.2, 0.25) is 0 Å². The van der Waals surface area contributed by atoms with Crippen LogP contribution in [0.15, 0.2) is 5.38 Å². The van der Waals surface area contributed by atoms with Gasteiger partial charge in [-0.3, -0.25) is 0 Å². The lowest BCUT2D eigenvalue weighted by molar-refractivity contribution is 0.199. The van der Waals surface area contributed by atoms with Crippen LogP contribution in [0.1, 0.15) is 30.5 Å². The van der Waals surface area contributed by atoms with Gasteiger partial charge >= 0.3 is 0 Å². The maximum atomic E-state index is 4.96. The molecule has 0 unspecified atom stereocenters. The molecule has 1 N–H and O–H groups in total. The zero-order chi connectivity index (χ0) is 10.9. The monoisotopic (exact) mass is 228 g/mol. The molecule has 1 aromatic rings. The van der Waals surface area contributed by atoms with Crippen molar-refractivity contribution in [3.05, 3.63) is 16.1 Å². The van der Waals surface area contributed by atoms with Crippen molar-refractivity contribution in [2.45, 2.75) is 32.7 Å². The first-order valence-corrected chi connectivity index (χ1v) is 6.37. The smallest absolute Gasteiger partial charge is 0.0928 e. The molecule has 0 aromatic carbocycles. The van der Waals surface area contributed by atoms with Crippen molar-refractivity contribution in [3.8, 4) is 0 Å². The van der Waals surface area contributed by atoms with Gasteiger partial charge in [-0.1, -0.05) is 13.3 Å². The summed E-state index contributed by atoms with van der Waals surface area (Å²) in [6.07, 6.45) is 3.60. The van der Waals surface area contributed by atoms with Crippen LogP contribution in [0.2, 0.25) is 0 Å². The van der Waals surface area contributed by atoms with Gasteiger partial charge in [-0.25, -0.2) is 4.98 Å². The second-order valence-electron chi connectivity index (χ2n) is 3.51. The summed E-state index contributed by atoms with van der Waals surface area (Å²) in [5.74, 6) is 0. The molecule has 0 bridgehead atoms. The van der Waals surface area contributed by atoms with Crippen molar-refractivity contribution in [1.82, 2.24) is 10.3 Å². The van der Waals surface area contributed by atoms with Gasteiger partial charge in [0.25, 0.3) is 0 Å². The minimum Gasteiger partial charge on any atom is -0.383 e. The Hall–Kier alpha value is -0.450. The number of thiazole rings is 1. The Balaban J connectivity index is 2.20. The Labute approximate surface area is 95.9 Å². The molecule has 0 saturated carbocycles. The molecule has 0 aliphatic carbocycles. The van der Waals surface area contributed by atoms with E-state index in [0.29, 0.717) is 0 Å². The molecule has 1 heterocycles. The van der Waals surface area contributed by atoms with Crippen molar-refractivity contribution in [1.29, 1.82) is 0 Å². The van der Waals surface area contributed by atoms with Crippen LogP contribution in [-0.4, -0.2) is 25.2 Å². The number of nitrogens with one attached hydrogen (secondary N) is 1. The van der Waals surface area contributed by atoms with Crippen molar-refractivity contribution in [2.75, 3.05) is 20.3 Å². The van der Waals surface area contributed by atoms with Crippen LogP contribution in [0.5, 0.6) is 0 Å². The molecule has 0 atom stereocenters. The number of unbranched alkanes of at least 4 members (excludes halogenated alkanes) is 1. The molecule has 0 radical (unpaired) electrons. The zero-order valence-electron chi connectivity index (χ0n) is 9.58. The molecule has 3 nitrogen and oxygen atoms in total. The molecular weight excluding hydrogens is 208 g/mol. The first-order valence-electron chi connectivity index (χ1n) is 5.49. The highest BCUT2D eigenvalue weighted by Crippen LogP contribution is 2.12. The van der Waals surface area contributed by atoms with E-state index >= 15 is 0 Å². The number of aromatic nitrogens is 1. The predicted molar refractivity (Wildman–Crippen MR) is 64.3 cm³/mol. The molecule has 0 saturated heterocycles. The predicted octanol–water partition coefficient (Wildman–Crippen LogP) is 2.22. The van der Waals surface area contributed by atoms with E-state index in [9.17, 15) is 0 Å². The van der Waals surface area contributed by atoms with E-state index in [0.717, 1.165) is 31.8 Å². The van der Waals surface area contributed by atoms with E-state index in [-0.39, 0.29) is 0 Å². The van der Waals surface area contributed by atoms with Gasteiger partial charge in [0.15, 0.2) is 0 Å². The molecule has 0 spiro atoms. The summed E-state index contributed by atoms with van der Waals surface area (Å²) in [5.41, 5.74) is 1.15. The van der Waals surface area contributed by atoms with E-state index in [2.05, 4.69) is 22.6 Å². The molecule has 15 heavy (non-hydrogen) atoms. The van der Waals surface area contributed by atoms with Crippen LogP contribution in [0.4, 0.5) is 0 Å².